The Morgan fingerprint density at radius 3 is 2.48 bits per heavy atom. The Kier molecular flexibility index (Phi) is 7.00. The lowest BCUT2D eigenvalue weighted by Gasteiger charge is -2.29. The average molecular weight is 337 g/mol. The highest BCUT2D eigenvalue weighted by Gasteiger charge is 2.19. The Balaban J connectivity index is 2.02. The molecule has 0 aromatic heterocycles. The number of carbonyl (C=O) groups excluding carboxylic acids is 1. The van der Waals surface area contributed by atoms with Crippen LogP contribution in [0.15, 0.2) is 54.6 Å². The highest BCUT2D eigenvalue weighted by molar-refractivity contribution is 5.81. The van der Waals surface area contributed by atoms with E-state index < -0.39 is 0 Å². The summed E-state index contributed by atoms with van der Waals surface area (Å²) in [5.74, 6) is -0.0332. The molecule has 0 aliphatic carbocycles. The van der Waals surface area contributed by atoms with Gasteiger partial charge in [-0.2, -0.15) is 5.26 Å². The van der Waals surface area contributed by atoms with Crippen LogP contribution in [0.3, 0.4) is 0 Å². The maximum Gasteiger partial charge on any atom is 0.242 e. The Morgan fingerprint density at radius 1 is 1.20 bits per heavy atom. The Labute approximate surface area is 148 Å². The number of carbonyl (C=O) groups is 1. The molecule has 2 rings (SSSR count). The molecule has 0 spiro atoms. The third-order valence-corrected chi connectivity index (χ3v) is 4.05. The van der Waals surface area contributed by atoms with Crippen LogP contribution in [0, 0.1) is 11.3 Å². The van der Waals surface area contributed by atoms with Gasteiger partial charge in [-0.25, -0.2) is 0 Å². The van der Waals surface area contributed by atoms with Crippen LogP contribution in [0.1, 0.15) is 24.5 Å². The third kappa shape index (κ3) is 5.63. The van der Waals surface area contributed by atoms with Gasteiger partial charge in [0.25, 0.3) is 0 Å². The molecule has 0 aliphatic rings. The van der Waals surface area contributed by atoms with Gasteiger partial charge >= 0.3 is 0 Å². The minimum absolute atomic E-state index is 0.0332. The third-order valence-electron chi connectivity index (χ3n) is 4.05. The van der Waals surface area contributed by atoms with Crippen molar-refractivity contribution < 1.29 is 9.90 Å². The van der Waals surface area contributed by atoms with Crippen LogP contribution in [0.4, 0.5) is 5.69 Å². The van der Waals surface area contributed by atoms with Crippen molar-refractivity contribution in [2.45, 2.75) is 25.9 Å². The van der Waals surface area contributed by atoms with Crippen molar-refractivity contribution in [3.8, 4) is 6.07 Å². The van der Waals surface area contributed by atoms with Crippen LogP contribution in [-0.4, -0.2) is 35.1 Å². The van der Waals surface area contributed by atoms with E-state index in [1.807, 2.05) is 37.3 Å². The summed E-state index contributed by atoms with van der Waals surface area (Å²) >= 11 is 0. The number of rotatable bonds is 8. The van der Waals surface area contributed by atoms with Gasteiger partial charge in [0, 0.05) is 24.9 Å². The number of aliphatic hydroxyl groups is 1. The van der Waals surface area contributed by atoms with Crippen LogP contribution in [-0.2, 0) is 11.3 Å². The molecule has 0 fully saturated rings. The van der Waals surface area contributed by atoms with Crippen molar-refractivity contribution in [3.63, 3.8) is 0 Å². The molecule has 130 valence electrons. The van der Waals surface area contributed by atoms with E-state index in [2.05, 4.69) is 11.4 Å². The summed E-state index contributed by atoms with van der Waals surface area (Å²) in [4.78, 5) is 14.5. The van der Waals surface area contributed by atoms with E-state index in [9.17, 15) is 9.90 Å². The van der Waals surface area contributed by atoms with Crippen molar-refractivity contribution in [2.24, 2.45) is 0 Å². The lowest BCUT2D eigenvalue weighted by Crippen LogP contribution is -2.41. The zero-order chi connectivity index (χ0) is 18.1. The molecule has 25 heavy (non-hydrogen) atoms. The molecule has 0 bridgehead atoms. The van der Waals surface area contributed by atoms with Gasteiger partial charge in [0.2, 0.25) is 5.91 Å². The van der Waals surface area contributed by atoms with Gasteiger partial charge in [0.15, 0.2) is 0 Å². The number of hydrogen-bond acceptors (Lipinski definition) is 4. The van der Waals surface area contributed by atoms with Gasteiger partial charge in [-0.15, -0.1) is 0 Å². The van der Waals surface area contributed by atoms with E-state index in [4.69, 9.17) is 5.26 Å². The molecule has 0 aliphatic heterocycles. The normalized spacial score (nSPS) is 11.4. The molecular formula is C20H23N3O2. The minimum atomic E-state index is -0.0551. The van der Waals surface area contributed by atoms with Crippen LogP contribution in [0.5, 0.6) is 0 Å². The maximum atomic E-state index is 12.7. The van der Waals surface area contributed by atoms with Gasteiger partial charge in [-0.3, -0.25) is 4.79 Å². The monoisotopic (exact) mass is 337 g/mol. The molecule has 2 N–H and O–H groups in total. The summed E-state index contributed by atoms with van der Waals surface area (Å²) in [5, 5.41) is 21.1. The number of nitrogens with zero attached hydrogens (tertiary/aromatic N) is 2. The number of hydrogen-bond donors (Lipinski definition) is 2. The van der Waals surface area contributed by atoms with Gasteiger partial charge in [-0.05, 0) is 43.2 Å². The number of nitriles is 1. The maximum absolute atomic E-state index is 12.7. The smallest absolute Gasteiger partial charge is 0.242 e. The fourth-order valence-electron chi connectivity index (χ4n) is 2.55. The second-order valence-electron chi connectivity index (χ2n) is 5.91. The van der Waals surface area contributed by atoms with E-state index in [1.54, 1.807) is 29.2 Å². The second kappa shape index (κ2) is 9.45. The first-order valence-corrected chi connectivity index (χ1v) is 8.32. The molecule has 0 heterocycles. The topological polar surface area (TPSA) is 76.4 Å². The fraction of sp³-hybridized carbons (Fsp3) is 0.300. The first-order chi connectivity index (χ1) is 12.1. The highest BCUT2D eigenvalue weighted by atomic mass is 16.3. The van der Waals surface area contributed by atoms with E-state index in [0.29, 0.717) is 18.5 Å². The van der Waals surface area contributed by atoms with Crippen molar-refractivity contribution in [2.75, 3.05) is 18.5 Å². The summed E-state index contributed by atoms with van der Waals surface area (Å²) in [6.45, 7) is 2.66. The van der Waals surface area contributed by atoms with Crippen molar-refractivity contribution in [1.29, 1.82) is 5.26 Å². The van der Waals surface area contributed by atoms with E-state index in [1.165, 1.54) is 0 Å². The van der Waals surface area contributed by atoms with E-state index >= 15 is 0 Å². The number of benzene rings is 2. The molecule has 0 saturated heterocycles. The second-order valence-corrected chi connectivity index (χ2v) is 5.91. The SMILES string of the molecule is CC(CCO)N(Cc1ccccc1)C(=O)CNc1ccc(C#N)cc1. The number of anilines is 1. The standard InChI is InChI=1S/C20H23N3O2/c1-16(11-12-24)23(15-18-5-3-2-4-6-18)20(25)14-22-19-9-7-17(13-21)8-10-19/h2-10,16,22,24H,11-12,14-15H2,1H3. The average Bonchev–Trinajstić information content (AvgIpc) is 2.65. The molecular weight excluding hydrogens is 314 g/mol. The predicted molar refractivity (Wildman–Crippen MR) is 97.8 cm³/mol. The lowest BCUT2D eigenvalue weighted by molar-refractivity contribution is -0.132. The summed E-state index contributed by atoms with van der Waals surface area (Å²) < 4.78 is 0. The molecule has 1 unspecified atom stereocenters. The van der Waals surface area contributed by atoms with Gasteiger partial charge in [0.1, 0.15) is 0 Å². The zero-order valence-electron chi connectivity index (χ0n) is 14.4. The quantitative estimate of drug-likeness (QED) is 0.776. The molecule has 1 amide bonds. The van der Waals surface area contributed by atoms with Crippen molar-refractivity contribution in [1.82, 2.24) is 4.90 Å². The minimum Gasteiger partial charge on any atom is -0.396 e. The number of aliphatic hydroxyl groups excluding tert-OH is 1. The van der Waals surface area contributed by atoms with Gasteiger partial charge < -0.3 is 15.3 Å². The summed E-state index contributed by atoms with van der Waals surface area (Å²) in [5.41, 5.74) is 2.43. The van der Waals surface area contributed by atoms with Gasteiger partial charge in [-0.1, -0.05) is 30.3 Å². The number of nitrogens with one attached hydrogen (secondary N) is 1. The molecule has 0 saturated carbocycles. The molecule has 5 nitrogen and oxygen atoms in total. The summed E-state index contributed by atoms with van der Waals surface area (Å²) in [6.07, 6.45) is 0.537. The summed E-state index contributed by atoms with van der Waals surface area (Å²) in [6, 6.07) is 18.8. The van der Waals surface area contributed by atoms with Crippen LogP contribution >= 0.6 is 0 Å². The first kappa shape index (κ1) is 18.5. The van der Waals surface area contributed by atoms with Crippen LogP contribution in [0.2, 0.25) is 0 Å². The summed E-state index contributed by atoms with van der Waals surface area (Å²) in [7, 11) is 0. The molecule has 1 atom stereocenters. The predicted octanol–water partition coefficient (Wildman–Crippen LogP) is 2.77. The Hall–Kier alpha value is -2.84. The first-order valence-electron chi connectivity index (χ1n) is 8.32. The molecule has 0 radical (unpaired) electrons. The molecule has 2 aromatic carbocycles. The largest absolute Gasteiger partial charge is 0.396 e. The number of amides is 1. The van der Waals surface area contributed by atoms with E-state index in [0.717, 1.165) is 11.3 Å². The fourth-order valence-corrected chi connectivity index (χ4v) is 2.55. The van der Waals surface area contributed by atoms with Crippen molar-refractivity contribution >= 4 is 11.6 Å². The molecule has 5 heteroatoms. The Bertz CT molecular complexity index is 708. The van der Waals surface area contributed by atoms with Gasteiger partial charge in [0.05, 0.1) is 18.2 Å². The highest BCUT2D eigenvalue weighted by Crippen LogP contribution is 2.13. The van der Waals surface area contributed by atoms with Crippen molar-refractivity contribution in [3.05, 3.63) is 65.7 Å². The molecule has 2 aromatic rings. The zero-order valence-corrected chi connectivity index (χ0v) is 14.4. The van der Waals surface area contributed by atoms with Crippen LogP contribution < -0.4 is 5.32 Å². The lowest BCUT2D eigenvalue weighted by atomic mass is 10.1. The van der Waals surface area contributed by atoms with E-state index in [-0.39, 0.29) is 25.1 Å². The van der Waals surface area contributed by atoms with Crippen LogP contribution in [0.25, 0.3) is 0 Å². The Morgan fingerprint density at radius 2 is 1.88 bits per heavy atom.